The first-order chi connectivity index (χ1) is 20.5. The van der Waals surface area contributed by atoms with Crippen LogP contribution < -0.4 is 9.47 Å². The van der Waals surface area contributed by atoms with E-state index in [0.29, 0.717) is 30.1 Å². The fraction of sp³-hybridized carbons (Fsp3) is 0.486. The van der Waals surface area contributed by atoms with Crippen LogP contribution >= 0.6 is 0 Å². The zero-order chi connectivity index (χ0) is 30.2. The fourth-order valence-corrected chi connectivity index (χ4v) is 5.10. The van der Waals surface area contributed by atoms with E-state index in [0.717, 1.165) is 36.0 Å². The molecular weight excluding hydrogens is 532 g/mol. The first-order valence-corrected chi connectivity index (χ1v) is 15.0. The van der Waals surface area contributed by atoms with Crippen LogP contribution in [-0.4, -0.2) is 38.0 Å². The van der Waals surface area contributed by atoms with Crippen molar-refractivity contribution in [1.29, 1.82) is 0 Å². The summed E-state index contributed by atoms with van der Waals surface area (Å²) in [7, 11) is 3.10. The number of hydrogen-bond acceptors (Lipinski definition) is 7. The third-order valence-corrected chi connectivity index (χ3v) is 7.43. The maximum atomic E-state index is 11.6. The molecule has 0 radical (unpaired) electrons. The van der Waals surface area contributed by atoms with Crippen LogP contribution in [0.4, 0.5) is 0 Å². The summed E-state index contributed by atoms with van der Waals surface area (Å²) < 4.78 is 28.0. The number of aromatic hydroxyl groups is 2. The van der Waals surface area contributed by atoms with Gasteiger partial charge in [-0.25, -0.2) is 0 Å². The molecule has 42 heavy (non-hydrogen) atoms. The first-order valence-electron chi connectivity index (χ1n) is 15.0. The predicted molar refractivity (Wildman–Crippen MR) is 165 cm³/mol. The molecule has 3 rings (SSSR count). The van der Waals surface area contributed by atoms with E-state index >= 15 is 0 Å². The summed E-state index contributed by atoms with van der Waals surface area (Å²) in [5.74, 6) is 1.06. The molecule has 0 aliphatic carbocycles. The van der Waals surface area contributed by atoms with Gasteiger partial charge in [-0.05, 0) is 36.0 Å². The monoisotopic (exact) mass is 580 g/mol. The summed E-state index contributed by atoms with van der Waals surface area (Å²) in [5, 5.41) is 22.2. The number of unbranched alkanes of at least 4 members (excludes halogenated alkanes) is 5. The van der Waals surface area contributed by atoms with Gasteiger partial charge in [-0.2, -0.15) is 0 Å². The van der Waals surface area contributed by atoms with Crippen LogP contribution in [0.1, 0.15) is 93.1 Å². The van der Waals surface area contributed by atoms with Crippen molar-refractivity contribution in [2.75, 3.05) is 27.8 Å². The molecule has 0 spiro atoms. The van der Waals surface area contributed by atoms with E-state index < -0.39 is 0 Å². The molecule has 0 saturated heterocycles. The van der Waals surface area contributed by atoms with Crippen LogP contribution in [0.2, 0.25) is 0 Å². The quantitative estimate of drug-likeness (QED) is 0.102. The van der Waals surface area contributed by atoms with Crippen LogP contribution in [0.25, 0.3) is 0 Å². The molecule has 2 atom stereocenters. The average Bonchev–Trinajstić information content (AvgIpc) is 3.00. The Labute approximate surface area is 251 Å². The van der Waals surface area contributed by atoms with Crippen molar-refractivity contribution >= 4 is 0 Å². The highest BCUT2D eigenvalue weighted by molar-refractivity contribution is 5.54. The molecule has 0 heterocycles. The van der Waals surface area contributed by atoms with E-state index in [2.05, 4.69) is 6.92 Å². The van der Waals surface area contributed by atoms with Gasteiger partial charge in [0.25, 0.3) is 0 Å². The van der Waals surface area contributed by atoms with Crippen molar-refractivity contribution in [2.24, 2.45) is 0 Å². The summed E-state index contributed by atoms with van der Waals surface area (Å²) in [6.45, 7) is 4.83. The molecule has 0 aliphatic heterocycles. The highest BCUT2D eigenvalue weighted by Gasteiger charge is 2.24. The van der Waals surface area contributed by atoms with E-state index in [1.807, 2.05) is 55.5 Å². The summed E-state index contributed by atoms with van der Waals surface area (Å²) in [4.78, 5) is 0. The minimum absolute atomic E-state index is 0.000483. The second kappa shape index (κ2) is 18.3. The van der Waals surface area contributed by atoms with E-state index in [9.17, 15) is 10.2 Å². The second-order valence-corrected chi connectivity index (χ2v) is 10.8. The number of ether oxygens (including phenoxy) is 5. The lowest BCUT2D eigenvalue weighted by Gasteiger charge is -2.24. The zero-order valence-electron chi connectivity index (χ0n) is 25.6. The van der Waals surface area contributed by atoms with Crippen LogP contribution in [0.3, 0.4) is 0 Å². The standard InChI is InChI=1S/C35H48O7/c1-5-6-7-8-9-13-16-33(40-23-27-14-11-10-12-15-27)31-20-19-30(35(34(31)37)42-25-39-4)26(2)21-28-17-18-29(22-32(28)36)41-24-38-3/h10-12,14-15,17-20,22,26,33,36-37H,5-9,13,16,21,23-25H2,1-4H3. The smallest absolute Gasteiger partial charge is 0.188 e. The van der Waals surface area contributed by atoms with Gasteiger partial charge in [0, 0.05) is 31.4 Å². The van der Waals surface area contributed by atoms with Crippen molar-refractivity contribution in [1.82, 2.24) is 0 Å². The third-order valence-electron chi connectivity index (χ3n) is 7.43. The third kappa shape index (κ3) is 10.2. The molecule has 0 amide bonds. The van der Waals surface area contributed by atoms with Gasteiger partial charge in [0.2, 0.25) is 0 Å². The molecule has 7 nitrogen and oxygen atoms in total. The number of benzene rings is 3. The number of phenolic OH excluding ortho intramolecular Hbond substituents is 2. The lowest BCUT2D eigenvalue weighted by Crippen LogP contribution is -2.10. The maximum Gasteiger partial charge on any atom is 0.188 e. The molecule has 0 aromatic heterocycles. The maximum absolute atomic E-state index is 11.6. The Hall–Kier alpha value is -3.26. The topological polar surface area (TPSA) is 86.6 Å². The largest absolute Gasteiger partial charge is 0.508 e. The lowest BCUT2D eigenvalue weighted by molar-refractivity contribution is 0.0284. The molecule has 2 unspecified atom stereocenters. The van der Waals surface area contributed by atoms with Gasteiger partial charge in [0.05, 0.1) is 12.7 Å². The average molecular weight is 581 g/mol. The Bertz CT molecular complexity index is 1180. The van der Waals surface area contributed by atoms with Gasteiger partial charge in [-0.3, -0.25) is 0 Å². The molecule has 0 bridgehead atoms. The molecule has 0 aliphatic rings. The Morgan fingerprint density at radius 1 is 0.762 bits per heavy atom. The SMILES string of the molecule is CCCCCCCCC(OCc1ccccc1)c1ccc(C(C)Cc2ccc(OCOC)cc2O)c(OCOC)c1O. The number of phenols is 2. The second-order valence-electron chi connectivity index (χ2n) is 10.8. The molecule has 0 saturated carbocycles. The van der Waals surface area contributed by atoms with Crippen molar-refractivity contribution in [3.8, 4) is 23.0 Å². The van der Waals surface area contributed by atoms with Crippen LogP contribution in [-0.2, 0) is 27.2 Å². The highest BCUT2D eigenvalue weighted by atomic mass is 16.7. The summed E-state index contributed by atoms with van der Waals surface area (Å²) in [6, 6.07) is 19.3. The van der Waals surface area contributed by atoms with Crippen LogP contribution in [0.5, 0.6) is 23.0 Å². The lowest BCUT2D eigenvalue weighted by atomic mass is 9.90. The van der Waals surface area contributed by atoms with E-state index in [1.54, 1.807) is 26.4 Å². The zero-order valence-corrected chi connectivity index (χ0v) is 25.6. The van der Waals surface area contributed by atoms with Gasteiger partial charge in [-0.1, -0.05) is 101 Å². The van der Waals surface area contributed by atoms with Crippen molar-refractivity contribution in [2.45, 2.75) is 83.8 Å². The predicted octanol–water partition coefficient (Wildman–Crippen LogP) is 8.42. The Balaban J connectivity index is 1.83. The number of methoxy groups -OCH3 is 2. The number of rotatable bonds is 20. The van der Waals surface area contributed by atoms with Crippen molar-refractivity contribution in [3.63, 3.8) is 0 Å². The molecule has 0 fully saturated rings. The van der Waals surface area contributed by atoms with Crippen LogP contribution in [0.15, 0.2) is 60.7 Å². The minimum atomic E-state index is -0.283. The molecular formula is C35H48O7. The normalized spacial score (nSPS) is 12.7. The van der Waals surface area contributed by atoms with E-state index in [-0.39, 0.29) is 37.1 Å². The Morgan fingerprint density at radius 3 is 2.17 bits per heavy atom. The summed E-state index contributed by atoms with van der Waals surface area (Å²) in [5.41, 5.74) is 3.39. The summed E-state index contributed by atoms with van der Waals surface area (Å²) >= 11 is 0. The van der Waals surface area contributed by atoms with Gasteiger partial charge in [0.15, 0.2) is 25.1 Å². The van der Waals surface area contributed by atoms with E-state index in [1.165, 1.54) is 25.7 Å². The minimum Gasteiger partial charge on any atom is -0.508 e. The van der Waals surface area contributed by atoms with Gasteiger partial charge in [0.1, 0.15) is 11.5 Å². The van der Waals surface area contributed by atoms with Gasteiger partial charge in [-0.15, -0.1) is 0 Å². The summed E-state index contributed by atoms with van der Waals surface area (Å²) in [6.07, 6.45) is 8.13. The van der Waals surface area contributed by atoms with Gasteiger partial charge < -0.3 is 33.9 Å². The van der Waals surface area contributed by atoms with Crippen molar-refractivity contribution in [3.05, 3.63) is 82.9 Å². The number of hydrogen-bond donors (Lipinski definition) is 2. The molecule has 7 heteroatoms. The molecule has 3 aromatic carbocycles. The first kappa shape index (κ1) is 33.2. The van der Waals surface area contributed by atoms with Crippen molar-refractivity contribution < 1.29 is 33.9 Å². The Kier molecular flexibility index (Phi) is 14.5. The van der Waals surface area contributed by atoms with Gasteiger partial charge >= 0.3 is 0 Å². The molecule has 230 valence electrons. The highest BCUT2D eigenvalue weighted by Crippen LogP contribution is 2.44. The fourth-order valence-electron chi connectivity index (χ4n) is 5.10. The van der Waals surface area contributed by atoms with E-state index in [4.69, 9.17) is 23.7 Å². The molecule has 2 N–H and O–H groups in total. The Morgan fingerprint density at radius 2 is 1.45 bits per heavy atom. The van der Waals surface area contributed by atoms with Crippen LogP contribution in [0, 0.1) is 0 Å². The molecule has 3 aromatic rings.